The van der Waals surface area contributed by atoms with Gasteiger partial charge in [-0.25, -0.2) is 4.79 Å². The van der Waals surface area contributed by atoms with Gasteiger partial charge in [0.25, 0.3) is 0 Å². The van der Waals surface area contributed by atoms with Gasteiger partial charge in [0.05, 0.1) is 19.8 Å². The van der Waals surface area contributed by atoms with E-state index in [4.69, 9.17) is 13.6 Å². The first kappa shape index (κ1) is 36.9. The smallest absolute Gasteiger partial charge is 0.330 e. The molecule has 0 aromatic heterocycles. The number of hydrogen-bond donors (Lipinski definition) is 0. The molecule has 0 radical (unpaired) electrons. The quantitative estimate of drug-likeness (QED) is 0.0910. The lowest BCUT2D eigenvalue weighted by Crippen LogP contribution is -2.41. The van der Waals surface area contributed by atoms with Crippen molar-refractivity contribution in [3.05, 3.63) is 88.5 Å². The maximum Gasteiger partial charge on any atom is 0.330 e. The first-order chi connectivity index (χ1) is 19.9. The Hall–Kier alpha value is -2.26. The molecule has 0 fully saturated rings. The minimum atomic E-state index is -1.90. The van der Waals surface area contributed by atoms with Gasteiger partial charge in [-0.2, -0.15) is 0 Å². The van der Waals surface area contributed by atoms with Crippen LogP contribution in [0.25, 0.3) is 5.57 Å². The third-order valence-corrected chi connectivity index (χ3v) is 18.2. The largest absolute Gasteiger partial charge is 0.463 e. The fourth-order valence-corrected chi connectivity index (χ4v) is 6.02. The summed E-state index contributed by atoms with van der Waals surface area (Å²) in [6.45, 7) is 28.6. The van der Waals surface area contributed by atoms with Crippen LogP contribution in [0, 0.1) is 0 Å². The molecule has 2 aromatic carbocycles. The molecule has 0 saturated heterocycles. The van der Waals surface area contributed by atoms with E-state index in [2.05, 4.69) is 117 Å². The second-order valence-corrected chi connectivity index (χ2v) is 24.2. The van der Waals surface area contributed by atoms with Crippen molar-refractivity contribution in [2.45, 2.75) is 124 Å². The second-order valence-electron chi connectivity index (χ2n) is 14.6. The fraction of sp³-hybridized carbons (Fsp3) is 0.541. The highest BCUT2D eigenvalue weighted by molar-refractivity contribution is 6.74. The molecule has 0 saturated carbocycles. The summed E-state index contributed by atoms with van der Waals surface area (Å²) in [6.07, 6.45) is 8.06. The van der Waals surface area contributed by atoms with Crippen LogP contribution in [0.3, 0.4) is 0 Å². The molecule has 4 nitrogen and oxygen atoms in total. The summed E-state index contributed by atoms with van der Waals surface area (Å²) in [5.74, 6) is -0.311. The van der Waals surface area contributed by atoms with Gasteiger partial charge in [-0.3, -0.25) is 0 Å². The number of benzene rings is 2. The standard InChI is InChI=1S/C37H58O4Si2/c1-13-31(18-16-20-35(38)39-14-2)32-19-15-17-29(25-32)21-22-30-23-24-33(27-40-42(9,10)36(3,4)5)34(26-30)28-41-43(11,12)37(6,7)8/h15-20,23-26H,13-14,21-22,27-28H2,1-12H3/b20-16+,31-18+. The van der Waals surface area contributed by atoms with Crippen LogP contribution in [0.5, 0.6) is 0 Å². The third-order valence-electron chi connectivity index (χ3n) is 9.26. The summed E-state index contributed by atoms with van der Waals surface area (Å²) in [5, 5.41) is 0.330. The summed E-state index contributed by atoms with van der Waals surface area (Å²) in [7, 11) is -3.77. The van der Waals surface area contributed by atoms with Gasteiger partial charge in [0, 0.05) is 6.08 Å². The van der Waals surface area contributed by atoms with Crippen molar-refractivity contribution < 1.29 is 18.4 Å². The van der Waals surface area contributed by atoms with Crippen LogP contribution in [0.15, 0.2) is 60.7 Å². The van der Waals surface area contributed by atoms with E-state index in [0.717, 1.165) is 19.3 Å². The molecule has 238 valence electrons. The number of aryl methyl sites for hydroxylation is 2. The van der Waals surface area contributed by atoms with Gasteiger partial charge >= 0.3 is 5.97 Å². The molecule has 43 heavy (non-hydrogen) atoms. The highest BCUT2D eigenvalue weighted by Gasteiger charge is 2.38. The highest BCUT2D eigenvalue weighted by atomic mass is 28.4. The molecule has 0 unspecified atom stereocenters. The van der Waals surface area contributed by atoms with Gasteiger partial charge in [-0.05, 0) is 95.8 Å². The molecule has 6 heteroatoms. The normalized spacial score (nSPS) is 13.5. The summed E-state index contributed by atoms with van der Waals surface area (Å²) in [4.78, 5) is 11.7. The number of rotatable bonds is 14. The van der Waals surface area contributed by atoms with E-state index in [9.17, 15) is 4.79 Å². The van der Waals surface area contributed by atoms with Crippen LogP contribution in [-0.2, 0) is 44.4 Å². The predicted molar refractivity (Wildman–Crippen MR) is 188 cm³/mol. The molecule has 0 atom stereocenters. The maximum absolute atomic E-state index is 11.7. The Bertz CT molecular complexity index is 1260. The van der Waals surface area contributed by atoms with E-state index >= 15 is 0 Å². The van der Waals surface area contributed by atoms with Crippen LogP contribution in [0.1, 0.15) is 89.6 Å². The molecule has 0 aliphatic rings. The molecular weight excluding hydrogens is 565 g/mol. The lowest BCUT2D eigenvalue weighted by atomic mass is 9.96. The number of allylic oxidation sites excluding steroid dienone is 3. The van der Waals surface area contributed by atoms with Crippen molar-refractivity contribution in [3.8, 4) is 0 Å². The number of esters is 1. The van der Waals surface area contributed by atoms with Crippen LogP contribution < -0.4 is 0 Å². The topological polar surface area (TPSA) is 44.8 Å². The fourth-order valence-electron chi connectivity index (χ4n) is 4.13. The van der Waals surface area contributed by atoms with E-state index in [-0.39, 0.29) is 16.0 Å². The average molecular weight is 623 g/mol. The minimum absolute atomic E-state index is 0.161. The van der Waals surface area contributed by atoms with Crippen LogP contribution >= 0.6 is 0 Å². The number of ether oxygens (including phenoxy) is 1. The van der Waals surface area contributed by atoms with Crippen molar-refractivity contribution in [2.75, 3.05) is 6.61 Å². The van der Waals surface area contributed by atoms with Gasteiger partial charge in [0.1, 0.15) is 0 Å². The van der Waals surface area contributed by atoms with E-state index in [0.29, 0.717) is 19.8 Å². The van der Waals surface area contributed by atoms with E-state index in [1.165, 1.54) is 39.5 Å². The number of carbonyl (C=O) groups excluding carboxylic acids is 1. The van der Waals surface area contributed by atoms with E-state index in [1.807, 2.05) is 13.0 Å². The minimum Gasteiger partial charge on any atom is -0.463 e. The zero-order valence-corrected chi connectivity index (χ0v) is 31.1. The molecule has 0 amide bonds. The Morgan fingerprint density at radius 1 is 0.767 bits per heavy atom. The van der Waals surface area contributed by atoms with Crippen molar-refractivity contribution in [1.29, 1.82) is 0 Å². The molecule has 0 N–H and O–H groups in total. The van der Waals surface area contributed by atoms with Crippen LogP contribution in [0.2, 0.25) is 36.3 Å². The SMILES string of the molecule is CCOC(=O)/C=C/C=C(\CC)c1cccc(CCc2ccc(CO[Si](C)(C)C(C)(C)C)c(CO[Si](C)(C)C(C)(C)C)c2)c1. The monoisotopic (exact) mass is 622 g/mol. The van der Waals surface area contributed by atoms with Crippen molar-refractivity contribution >= 4 is 28.2 Å². The summed E-state index contributed by atoms with van der Waals surface area (Å²) in [5.41, 5.74) is 7.49. The first-order valence-corrected chi connectivity index (χ1v) is 21.7. The van der Waals surface area contributed by atoms with Gasteiger partial charge in [-0.1, -0.05) is 103 Å². The Morgan fingerprint density at radius 3 is 1.86 bits per heavy atom. The Balaban J connectivity index is 2.26. The second kappa shape index (κ2) is 15.6. The third kappa shape index (κ3) is 11.3. The highest BCUT2D eigenvalue weighted by Crippen LogP contribution is 2.39. The Morgan fingerprint density at radius 2 is 1.33 bits per heavy atom. The molecule has 0 aliphatic heterocycles. The van der Waals surface area contributed by atoms with Gasteiger partial charge in [0.2, 0.25) is 0 Å². The van der Waals surface area contributed by atoms with Crippen molar-refractivity contribution in [1.82, 2.24) is 0 Å². The zero-order valence-electron chi connectivity index (χ0n) is 29.1. The van der Waals surface area contributed by atoms with Crippen molar-refractivity contribution in [3.63, 3.8) is 0 Å². The summed E-state index contributed by atoms with van der Waals surface area (Å²) >= 11 is 0. The Labute approximate surface area is 265 Å². The number of hydrogen-bond acceptors (Lipinski definition) is 4. The first-order valence-electron chi connectivity index (χ1n) is 15.9. The summed E-state index contributed by atoms with van der Waals surface area (Å²) < 4.78 is 18.3. The average Bonchev–Trinajstić information content (AvgIpc) is 2.91. The molecule has 2 aromatic rings. The Kier molecular flexibility index (Phi) is 13.4. The molecule has 2 rings (SSSR count). The zero-order chi connectivity index (χ0) is 32.5. The van der Waals surface area contributed by atoms with E-state index < -0.39 is 16.6 Å². The molecule has 0 aliphatic carbocycles. The lowest BCUT2D eigenvalue weighted by Gasteiger charge is -2.37. The number of carbonyl (C=O) groups is 1. The lowest BCUT2D eigenvalue weighted by molar-refractivity contribution is -0.137. The molecule has 0 spiro atoms. The van der Waals surface area contributed by atoms with Gasteiger partial charge in [0.15, 0.2) is 16.6 Å². The van der Waals surface area contributed by atoms with Crippen LogP contribution in [-0.4, -0.2) is 29.2 Å². The van der Waals surface area contributed by atoms with Gasteiger partial charge < -0.3 is 13.6 Å². The molecular formula is C37H58O4Si2. The maximum atomic E-state index is 11.7. The van der Waals surface area contributed by atoms with E-state index in [1.54, 1.807) is 6.08 Å². The predicted octanol–water partition coefficient (Wildman–Crippen LogP) is 10.4. The van der Waals surface area contributed by atoms with Crippen LogP contribution in [0.4, 0.5) is 0 Å². The molecule has 0 bridgehead atoms. The van der Waals surface area contributed by atoms with Gasteiger partial charge in [-0.15, -0.1) is 0 Å². The van der Waals surface area contributed by atoms with Crippen molar-refractivity contribution in [2.24, 2.45) is 0 Å². The molecule has 0 heterocycles. The summed E-state index contributed by atoms with van der Waals surface area (Å²) in [6, 6.07) is 15.6.